The predicted octanol–water partition coefficient (Wildman–Crippen LogP) is 1.94. The first kappa shape index (κ1) is 17.8. The van der Waals surface area contributed by atoms with Crippen molar-refractivity contribution in [1.29, 1.82) is 0 Å². The fourth-order valence-electron chi connectivity index (χ4n) is 3.63. The van der Waals surface area contributed by atoms with Crippen molar-refractivity contribution in [2.45, 2.75) is 18.2 Å². The summed E-state index contributed by atoms with van der Waals surface area (Å²) in [5.41, 5.74) is 0.811. The fraction of sp³-hybridized carbons (Fsp3) is 0.500. The Bertz CT molecular complexity index is 708. The van der Waals surface area contributed by atoms with Crippen molar-refractivity contribution in [3.8, 4) is 0 Å². The molecule has 2 aliphatic heterocycles. The van der Waals surface area contributed by atoms with Crippen LogP contribution < -0.4 is 4.90 Å². The van der Waals surface area contributed by atoms with Crippen molar-refractivity contribution in [3.63, 3.8) is 0 Å². The molecule has 1 aromatic rings. The van der Waals surface area contributed by atoms with Gasteiger partial charge in [0.2, 0.25) is 11.8 Å². The zero-order chi connectivity index (χ0) is 18.1. The number of anilines is 1. The standard InChI is InChI=1S/C18H22N2O4S/c1-11-8-19(10-15(11)18(23)24)17(22)12-6-16(21)20(9-12)13-4-3-5-14(7-13)25-2/h3-5,7,11-12,15H,6,8-10H2,1-2H3,(H,23,24)/t11-,12?,15-/m1/s1. The minimum absolute atomic E-state index is 0.0568. The summed E-state index contributed by atoms with van der Waals surface area (Å²) < 4.78 is 0. The molecule has 134 valence electrons. The van der Waals surface area contributed by atoms with E-state index in [9.17, 15) is 19.5 Å². The lowest BCUT2D eigenvalue weighted by Gasteiger charge is -2.21. The van der Waals surface area contributed by atoms with E-state index < -0.39 is 17.8 Å². The Morgan fingerprint density at radius 1 is 1.24 bits per heavy atom. The third kappa shape index (κ3) is 3.51. The number of rotatable bonds is 4. The van der Waals surface area contributed by atoms with E-state index in [2.05, 4.69) is 0 Å². The fourth-order valence-corrected chi connectivity index (χ4v) is 4.08. The average molecular weight is 362 g/mol. The summed E-state index contributed by atoms with van der Waals surface area (Å²) >= 11 is 1.60. The summed E-state index contributed by atoms with van der Waals surface area (Å²) in [6.07, 6.45) is 2.16. The largest absolute Gasteiger partial charge is 0.481 e. The van der Waals surface area contributed by atoms with Gasteiger partial charge in [0.15, 0.2) is 0 Å². The molecule has 2 fully saturated rings. The van der Waals surface area contributed by atoms with Gasteiger partial charge in [-0.05, 0) is 30.4 Å². The second kappa shape index (κ2) is 7.07. The molecule has 2 saturated heterocycles. The van der Waals surface area contributed by atoms with E-state index >= 15 is 0 Å². The van der Waals surface area contributed by atoms with Gasteiger partial charge in [-0.1, -0.05) is 13.0 Å². The van der Waals surface area contributed by atoms with Gasteiger partial charge in [-0.3, -0.25) is 14.4 Å². The van der Waals surface area contributed by atoms with Crippen LogP contribution in [-0.2, 0) is 14.4 Å². The number of carboxylic acids is 1. The van der Waals surface area contributed by atoms with Crippen molar-refractivity contribution in [2.24, 2.45) is 17.8 Å². The van der Waals surface area contributed by atoms with Gasteiger partial charge in [0, 0.05) is 36.6 Å². The zero-order valence-electron chi connectivity index (χ0n) is 14.3. The van der Waals surface area contributed by atoms with Crippen LogP contribution in [0.5, 0.6) is 0 Å². The number of benzene rings is 1. The number of carbonyl (C=O) groups is 3. The summed E-state index contributed by atoms with van der Waals surface area (Å²) in [6.45, 7) is 2.90. The maximum Gasteiger partial charge on any atom is 0.308 e. The third-order valence-electron chi connectivity index (χ3n) is 5.08. The maximum atomic E-state index is 12.8. The van der Waals surface area contributed by atoms with Gasteiger partial charge in [0.05, 0.1) is 11.8 Å². The molecule has 1 aromatic carbocycles. The Morgan fingerprint density at radius 2 is 2.00 bits per heavy atom. The van der Waals surface area contributed by atoms with Crippen LogP contribution in [0.25, 0.3) is 0 Å². The maximum absolute atomic E-state index is 12.8. The SMILES string of the molecule is CSc1cccc(N2CC(C(=O)N3C[C@@H](C)[C@H](C(=O)O)C3)CC2=O)c1. The van der Waals surface area contributed by atoms with Gasteiger partial charge in [0.1, 0.15) is 0 Å². The molecule has 2 aliphatic rings. The molecule has 3 atom stereocenters. The van der Waals surface area contributed by atoms with Crippen molar-refractivity contribution in [2.75, 3.05) is 30.8 Å². The first-order chi connectivity index (χ1) is 11.9. The van der Waals surface area contributed by atoms with Gasteiger partial charge in [-0.25, -0.2) is 0 Å². The lowest BCUT2D eigenvalue weighted by atomic mass is 9.99. The number of hydrogen-bond acceptors (Lipinski definition) is 4. The molecular weight excluding hydrogens is 340 g/mol. The molecular formula is C18H22N2O4S. The minimum Gasteiger partial charge on any atom is -0.481 e. The molecule has 0 aliphatic carbocycles. The number of thioether (sulfide) groups is 1. The van der Waals surface area contributed by atoms with Gasteiger partial charge in [-0.15, -0.1) is 11.8 Å². The number of aliphatic carboxylic acids is 1. The second-order valence-electron chi connectivity index (χ2n) is 6.77. The molecule has 1 unspecified atom stereocenters. The van der Waals surface area contributed by atoms with Crippen molar-refractivity contribution >= 4 is 35.2 Å². The van der Waals surface area contributed by atoms with Crippen molar-refractivity contribution in [1.82, 2.24) is 4.90 Å². The lowest BCUT2D eigenvalue weighted by Crippen LogP contribution is -2.36. The quantitative estimate of drug-likeness (QED) is 0.828. The Balaban J connectivity index is 1.70. The smallest absolute Gasteiger partial charge is 0.308 e. The minimum atomic E-state index is -0.860. The topological polar surface area (TPSA) is 77.9 Å². The normalized spacial score (nSPS) is 26.3. The summed E-state index contributed by atoms with van der Waals surface area (Å²) in [4.78, 5) is 40.7. The molecule has 6 nitrogen and oxygen atoms in total. The van der Waals surface area contributed by atoms with Crippen LogP contribution in [0.2, 0.25) is 0 Å². The van der Waals surface area contributed by atoms with E-state index in [0.717, 1.165) is 10.6 Å². The van der Waals surface area contributed by atoms with Gasteiger partial charge in [-0.2, -0.15) is 0 Å². The summed E-state index contributed by atoms with van der Waals surface area (Å²) in [6, 6.07) is 7.72. The molecule has 2 heterocycles. The van der Waals surface area contributed by atoms with Gasteiger partial charge >= 0.3 is 5.97 Å². The van der Waals surface area contributed by atoms with Crippen LogP contribution in [-0.4, -0.2) is 53.7 Å². The Labute approximate surface area is 151 Å². The van der Waals surface area contributed by atoms with E-state index in [-0.39, 0.29) is 30.7 Å². The number of amides is 2. The molecule has 0 bridgehead atoms. The monoisotopic (exact) mass is 362 g/mol. The second-order valence-corrected chi connectivity index (χ2v) is 7.65. The van der Waals surface area contributed by atoms with Crippen molar-refractivity contribution in [3.05, 3.63) is 24.3 Å². The molecule has 0 saturated carbocycles. The average Bonchev–Trinajstić information content (AvgIpc) is 3.17. The number of carboxylic acid groups (broad SMARTS) is 1. The van der Waals surface area contributed by atoms with Crippen LogP contribution >= 0.6 is 11.8 Å². The van der Waals surface area contributed by atoms with E-state index in [0.29, 0.717) is 13.1 Å². The molecule has 0 aromatic heterocycles. The predicted molar refractivity (Wildman–Crippen MR) is 95.6 cm³/mol. The number of hydrogen-bond donors (Lipinski definition) is 1. The zero-order valence-corrected chi connectivity index (χ0v) is 15.2. The molecule has 0 radical (unpaired) electrons. The first-order valence-electron chi connectivity index (χ1n) is 8.36. The summed E-state index contributed by atoms with van der Waals surface area (Å²) in [5, 5.41) is 9.23. The van der Waals surface area contributed by atoms with Crippen LogP contribution in [0.3, 0.4) is 0 Å². The molecule has 0 spiro atoms. The van der Waals surface area contributed by atoms with Gasteiger partial charge < -0.3 is 14.9 Å². The van der Waals surface area contributed by atoms with Crippen LogP contribution in [0.15, 0.2) is 29.2 Å². The third-order valence-corrected chi connectivity index (χ3v) is 5.81. The van der Waals surface area contributed by atoms with E-state index in [1.165, 1.54) is 0 Å². The Hall–Kier alpha value is -2.02. The Kier molecular flexibility index (Phi) is 5.03. The first-order valence-corrected chi connectivity index (χ1v) is 9.59. The van der Waals surface area contributed by atoms with Gasteiger partial charge in [0.25, 0.3) is 0 Å². The Morgan fingerprint density at radius 3 is 2.64 bits per heavy atom. The van der Waals surface area contributed by atoms with Crippen LogP contribution in [0, 0.1) is 17.8 Å². The highest BCUT2D eigenvalue weighted by molar-refractivity contribution is 7.98. The molecule has 3 rings (SSSR count). The summed E-state index contributed by atoms with van der Waals surface area (Å²) in [5.74, 6) is -2.00. The van der Waals surface area contributed by atoms with Crippen LogP contribution in [0.1, 0.15) is 13.3 Å². The highest BCUT2D eigenvalue weighted by atomic mass is 32.2. The number of carbonyl (C=O) groups excluding carboxylic acids is 2. The van der Waals surface area contributed by atoms with Crippen LogP contribution in [0.4, 0.5) is 5.69 Å². The summed E-state index contributed by atoms with van der Waals surface area (Å²) in [7, 11) is 0. The number of likely N-dealkylation sites (tertiary alicyclic amines) is 1. The molecule has 2 amide bonds. The van der Waals surface area contributed by atoms with E-state index in [4.69, 9.17) is 0 Å². The van der Waals surface area contributed by atoms with Crippen molar-refractivity contribution < 1.29 is 19.5 Å². The van der Waals surface area contributed by atoms with E-state index in [1.807, 2.05) is 37.4 Å². The highest BCUT2D eigenvalue weighted by Gasteiger charge is 2.42. The number of nitrogens with zero attached hydrogens (tertiary/aromatic N) is 2. The molecule has 7 heteroatoms. The molecule has 1 N–H and O–H groups in total. The highest BCUT2D eigenvalue weighted by Crippen LogP contribution is 2.31. The molecule has 25 heavy (non-hydrogen) atoms. The lowest BCUT2D eigenvalue weighted by molar-refractivity contribution is -0.142. The van der Waals surface area contributed by atoms with E-state index in [1.54, 1.807) is 21.6 Å².